The summed E-state index contributed by atoms with van der Waals surface area (Å²) in [6.45, 7) is 10.2. The van der Waals surface area contributed by atoms with Crippen molar-refractivity contribution in [2.75, 3.05) is 44.0 Å². The van der Waals surface area contributed by atoms with Crippen molar-refractivity contribution in [2.45, 2.75) is 60.0 Å². The molecule has 1 aromatic carbocycles. The lowest BCUT2D eigenvalue weighted by molar-refractivity contribution is -0.119. The van der Waals surface area contributed by atoms with Crippen molar-refractivity contribution in [3.05, 3.63) is 44.6 Å². The minimum Gasteiger partial charge on any atom is -0.493 e. The van der Waals surface area contributed by atoms with Gasteiger partial charge in [0.2, 0.25) is 5.91 Å². The Kier molecular flexibility index (Phi) is 10.8. The quantitative estimate of drug-likeness (QED) is 0.418. The Balaban J connectivity index is 2.33. The summed E-state index contributed by atoms with van der Waals surface area (Å²) in [5.41, 5.74) is 6.03. The van der Waals surface area contributed by atoms with E-state index < -0.39 is 11.2 Å². The van der Waals surface area contributed by atoms with Crippen LogP contribution in [0.3, 0.4) is 0 Å². The Morgan fingerprint density at radius 3 is 2.46 bits per heavy atom. The number of carbonyl (C=O) groups excluding carboxylic acids is 1. The zero-order chi connectivity index (χ0) is 26.0. The van der Waals surface area contributed by atoms with E-state index in [0.29, 0.717) is 57.1 Å². The molecule has 0 radical (unpaired) electrons. The lowest BCUT2D eigenvalue weighted by Gasteiger charge is -2.28. The first-order chi connectivity index (χ1) is 16.8. The smallest absolute Gasteiger partial charge is 0.330 e. The Labute approximate surface area is 206 Å². The zero-order valence-electron chi connectivity index (χ0n) is 21.6. The van der Waals surface area contributed by atoms with Gasteiger partial charge in [0.15, 0.2) is 17.2 Å². The molecular formula is C25H39N5O5. The van der Waals surface area contributed by atoms with E-state index in [1.54, 1.807) is 7.11 Å². The van der Waals surface area contributed by atoms with Gasteiger partial charge in [0.1, 0.15) is 5.82 Å². The van der Waals surface area contributed by atoms with E-state index in [1.807, 2.05) is 50.8 Å². The summed E-state index contributed by atoms with van der Waals surface area (Å²) in [5, 5.41) is 0. The topological polar surface area (TPSA) is 123 Å². The SMILES string of the molecule is CCCCN(C(=O)CN(CC)Cc1ccc(OCC)c(OC)c1)c1c(N)n(CCC)c(=O)[nH]c1=O. The summed E-state index contributed by atoms with van der Waals surface area (Å²) >= 11 is 0. The van der Waals surface area contributed by atoms with Gasteiger partial charge in [-0.2, -0.15) is 0 Å². The molecule has 0 aliphatic heterocycles. The number of benzene rings is 1. The van der Waals surface area contributed by atoms with Crippen molar-refractivity contribution in [2.24, 2.45) is 0 Å². The van der Waals surface area contributed by atoms with Gasteiger partial charge >= 0.3 is 5.69 Å². The molecule has 0 aliphatic rings. The largest absolute Gasteiger partial charge is 0.493 e. The second-order valence-corrected chi connectivity index (χ2v) is 8.27. The molecule has 0 bridgehead atoms. The Bertz CT molecular complexity index is 1090. The standard InChI is InChI=1S/C25H39N5O5/c1-6-10-14-29(22-23(26)30(13-7-2)25(33)27-24(22)32)21(31)17-28(8-3)16-18-11-12-19(35-9-4)20(15-18)34-5/h11-12,15H,6-10,13-14,16-17,26H2,1-5H3,(H,27,32,33). The number of likely N-dealkylation sites (N-methyl/N-ethyl adjacent to an activating group) is 1. The third-order valence-corrected chi connectivity index (χ3v) is 5.71. The van der Waals surface area contributed by atoms with Crippen LogP contribution in [-0.2, 0) is 17.9 Å². The third kappa shape index (κ3) is 7.11. The molecule has 2 rings (SSSR count). The van der Waals surface area contributed by atoms with E-state index >= 15 is 0 Å². The van der Waals surface area contributed by atoms with Crippen LogP contribution in [0.4, 0.5) is 11.5 Å². The molecule has 2 aromatic rings. The van der Waals surface area contributed by atoms with E-state index in [0.717, 1.165) is 12.0 Å². The van der Waals surface area contributed by atoms with Gasteiger partial charge in [-0.05, 0) is 44.0 Å². The molecule has 35 heavy (non-hydrogen) atoms. The van der Waals surface area contributed by atoms with Crippen molar-refractivity contribution in [3.63, 3.8) is 0 Å². The number of rotatable bonds is 14. The number of hydrogen-bond acceptors (Lipinski definition) is 7. The molecule has 0 atom stereocenters. The van der Waals surface area contributed by atoms with E-state index in [-0.39, 0.29) is 24.0 Å². The van der Waals surface area contributed by atoms with Crippen LogP contribution in [-0.4, -0.2) is 53.7 Å². The Morgan fingerprint density at radius 2 is 1.86 bits per heavy atom. The summed E-state index contributed by atoms with van der Waals surface area (Å²) in [5.74, 6) is 1.07. The highest BCUT2D eigenvalue weighted by molar-refractivity contribution is 5.96. The minimum atomic E-state index is -0.649. The number of carbonyl (C=O) groups is 1. The second kappa shape index (κ2) is 13.6. The number of methoxy groups -OCH3 is 1. The number of nitrogens with two attached hydrogens (primary N) is 1. The molecule has 0 saturated carbocycles. The van der Waals surface area contributed by atoms with Crippen LogP contribution in [0.15, 0.2) is 27.8 Å². The number of ether oxygens (including phenoxy) is 2. The first-order valence-corrected chi connectivity index (χ1v) is 12.3. The molecule has 1 aromatic heterocycles. The Morgan fingerprint density at radius 1 is 1.11 bits per heavy atom. The molecule has 3 N–H and O–H groups in total. The monoisotopic (exact) mass is 489 g/mol. The van der Waals surface area contributed by atoms with Crippen molar-refractivity contribution in [1.82, 2.24) is 14.5 Å². The van der Waals surface area contributed by atoms with Crippen molar-refractivity contribution >= 4 is 17.4 Å². The normalized spacial score (nSPS) is 11.0. The summed E-state index contributed by atoms with van der Waals surface area (Å²) in [6.07, 6.45) is 2.19. The number of nitrogen functional groups attached to an aromatic ring is 1. The maximum absolute atomic E-state index is 13.5. The number of aromatic nitrogens is 2. The van der Waals surface area contributed by atoms with Gasteiger partial charge in [0, 0.05) is 19.6 Å². The van der Waals surface area contributed by atoms with Crippen LogP contribution in [0, 0.1) is 0 Å². The fourth-order valence-electron chi connectivity index (χ4n) is 3.86. The van der Waals surface area contributed by atoms with Crippen LogP contribution >= 0.6 is 0 Å². The first-order valence-electron chi connectivity index (χ1n) is 12.3. The van der Waals surface area contributed by atoms with E-state index in [4.69, 9.17) is 15.2 Å². The van der Waals surface area contributed by atoms with Gasteiger partial charge in [-0.25, -0.2) is 4.79 Å². The molecule has 0 unspecified atom stereocenters. The van der Waals surface area contributed by atoms with Crippen molar-refractivity contribution in [1.29, 1.82) is 0 Å². The molecule has 0 fully saturated rings. The van der Waals surface area contributed by atoms with Gasteiger partial charge < -0.3 is 20.1 Å². The average molecular weight is 490 g/mol. The maximum atomic E-state index is 13.5. The number of hydrogen-bond donors (Lipinski definition) is 2. The molecule has 1 heterocycles. The maximum Gasteiger partial charge on any atom is 0.330 e. The highest BCUT2D eigenvalue weighted by Crippen LogP contribution is 2.28. The lowest BCUT2D eigenvalue weighted by atomic mass is 10.2. The average Bonchev–Trinajstić information content (AvgIpc) is 2.84. The van der Waals surface area contributed by atoms with Crippen molar-refractivity contribution < 1.29 is 14.3 Å². The molecule has 10 heteroatoms. The lowest BCUT2D eigenvalue weighted by Crippen LogP contribution is -2.45. The predicted octanol–water partition coefficient (Wildman–Crippen LogP) is 2.59. The fraction of sp³-hybridized carbons (Fsp3) is 0.560. The summed E-state index contributed by atoms with van der Waals surface area (Å²) in [7, 11) is 1.59. The minimum absolute atomic E-state index is 0.0179. The molecule has 10 nitrogen and oxygen atoms in total. The molecule has 194 valence electrons. The number of nitrogens with zero attached hydrogens (tertiary/aromatic N) is 3. The highest BCUT2D eigenvalue weighted by Gasteiger charge is 2.25. The number of unbranched alkanes of at least 4 members (excludes halogenated alkanes) is 1. The highest BCUT2D eigenvalue weighted by atomic mass is 16.5. The third-order valence-electron chi connectivity index (χ3n) is 5.71. The van der Waals surface area contributed by atoms with Gasteiger partial charge in [0.05, 0.1) is 20.3 Å². The molecule has 1 amide bonds. The van der Waals surface area contributed by atoms with Crippen LogP contribution in [0.1, 0.15) is 52.5 Å². The van der Waals surface area contributed by atoms with Gasteiger partial charge in [-0.1, -0.05) is 33.3 Å². The van der Waals surface area contributed by atoms with E-state index in [2.05, 4.69) is 4.98 Å². The molecule has 0 spiro atoms. The number of anilines is 2. The summed E-state index contributed by atoms with van der Waals surface area (Å²) < 4.78 is 12.3. The number of aromatic amines is 1. The fourth-order valence-corrected chi connectivity index (χ4v) is 3.86. The summed E-state index contributed by atoms with van der Waals surface area (Å²) in [6, 6.07) is 5.70. The van der Waals surface area contributed by atoms with Gasteiger partial charge in [-0.15, -0.1) is 0 Å². The number of H-pyrrole nitrogens is 1. The van der Waals surface area contributed by atoms with Crippen molar-refractivity contribution in [3.8, 4) is 11.5 Å². The number of nitrogens with one attached hydrogen (secondary N) is 1. The van der Waals surface area contributed by atoms with Crippen LogP contribution in [0.5, 0.6) is 11.5 Å². The zero-order valence-corrected chi connectivity index (χ0v) is 21.6. The van der Waals surface area contributed by atoms with Gasteiger partial charge in [0.25, 0.3) is 5.56 Å². The van der Waals surface area contributed by atoms with Crippen LogP contribution < -0.4 is 31.4 Å². The van der Waals surface area contributed by atoms with Gasteiger partial charge in [-0.3, -0.25) is 24.0 Å². The van der Waals surface area contributed by atoms with E-state index in [9.17, 15) is 14.4 Å². The number of amides is 1. The van der Waals surface area contributed by atoms with Crippen LogP contribution in [0.25, 0.3) is 0 Å². The van der Waals surface area contributed by atoms with E-state index in [1.165, 1.54) is 9.47 Å². The van der Waals surface area contributed by atoms with Crippen LogP contribution in [0.2, 0.25) is 0 Å². The Hall–Kier alpha value is -3.27. The molecule has 0 aliphatic carbocycles. The molecule has 0 saturated heterocycles. The summed E-state index contributed by atoms with van der Waals surface area (Å²) in [4.78, 5) is 44.2. The predicted molar refractivity (Wildman–Crippen MR) is 138 cm³/mol. The molecular weight excluding hydrogens is 450 g/mol. The first kappa shape index (κ1) is 28.0. The second-order valence-electron chi connectivity index (χ2n) is 8.27.